The highest BCUT2D eigenvalue weighted by atomic mass is 35.5. The third-order valence-electron chi connectivity index (χ3n) is 4.76. The lowest BCUT2D eigenvalue weighted by Crippen LogP contribution is -2.31. The van der Waals surface area contributed by atoms with Gasteiger partial charge in [0, 0.05) is 17.3 Å². The summed E-state index contributed by atoms with van der Waals surface area (Å²) in [6, 6.07) is 6.46. The van der Waals surface area contributed by atoms with Crippen molar-refractivity contribution in [1.29, 1.82) is 0 Å². The predicted octanol–water partition coefficient (Wildman–Crippen LogP) is 4.75. The highest BCUT2D eigenvalue weighted by Crippen LogP contribution is 2.32. The van der Waals surface area contributed by atoms with E-state index in [1.54, 1.807) is 6.20 Å². The summed E-state index contributed by atoms with van der Waals surface area (Å²) >= 11 is 5.97. The van der Waals surface area contributed by atoms with Crippen molar-refractivity contribution in [3.05, 3.63) is 81.9 Å². The summed E-state index contributed by atoms with van der Waals surface area (Å²) in [6.45, 7) is 0. The Kier molecular flexibility index (Phi) is 4.85. The highest BCUT2D eigenvalue weighted by molar-refractivity contribution is 6.33. The summed E-state index contributed by atoms with van der Waals surface area (Å²) in [4.78, 5) is 12.6. The molecule has 0 bridgehead atoms. The minimum atomic E-state index is -0.689. The van der Waals surface area contributed by atoms with Gasteiger partial charge >= 0.3 is 0 Å². The minimum Gasteiger partial charge on any atom is -0.345 e. The Bertz CT molecular complexity index is 1050. The molecule has 3 aromatic rings. The van der Waals surface area contributed by atoms with Gasteiger partial charge in [-0.15, -0.1) is 0 Å². The van der Waals surface area contributed by atoms with E-state index in [9.17, 15) is 18.0 Å². The molecular formula is C20H15ClF3N3O. The molecule has 1 aliphatic rings. The third-order valence-corrected chi connectivity index (χ3v) is 5.07. The minimum absolute atomic E-state index is 0.0273. The van der Waals surface area contributed by atoms with Crippen molar-refractivity contribution in [3.8, 4) is 5.69 Å². The van der Waals surface area contributed by atoms with Crippen molar-refractivity contribution in [2.24, 2.45) is 0 Å². The second-order valence-electron chi connectivity index (χ2n) is 6.63. The van der Waals surface area contributed by atoms with Crippen LogP contribution in [0.5, 0.6) is 0 Å². The second kappa shape index (κ2) is 7.31. The third kappa shape index (κ3) is 3.49. The number of halogens is 4. The highest BCUT2D eigenvalue weighted by Gasteiger charge is 2.27. The van der Waals surface area contributed by atoms with Gasteiger partial charge in [-0.25, -0.2) is 17.9 Å². The fourth-order valence-corrected chi connectivity index (χ4v) is 3.75. The second-order valence-corrected chi connectivity index (χ2v) is 7.04. The van der Waals surface area contributed by atoms with Crippen LogP contribution >= 0.6 is 11.6 Å². The molecule has 0 spiro atoms. The number of carbonyl (C=O) groups is 1. The van der Waals surface area contributed by atoms with Crippen LogP contribution in [0.4, 0.5) is 13.2 Å². The van der Waals surface area contributed by atoms with Crippen molar-refractivity contribution in [2.45, 2.75) is 25.3 Å². The molecule has 0 fully saturated rings. The van der Waals surface area contributed by atoms with Crippen molar-refractivity contribution < 1.29 is 18.0 Å². The Labute approximate surface area is 163 Å². The largest absolute Gasteiger partial charge is 0.345 e. The summed E-state index contributed by atoms with van der Waals surface area (Å²) < 4.78 is 41.9. The summed E-state index contributed by atoms with van der Waals surface area (Å²) in [5.41, 5.74) is 2.02. The lowest BCUT2D eigenvalue weighted by Gasteiger charge is -2.24. The van der Waals surface area contributed by atoms with Crippen LogP contribution in [-0.2, 0) is 6.42 Å². The van der Waals surface area contributed by atoms with Gasteiger partial charge in [0.05, 0.1) is 28.5 Å². The Morgan fingerprint density at radius 1 is 1.11 bits per heavy atom. The van der Waals surface area contributed by atoms with Crippen molar-refractivity contribution >= 4 is 17.5 Å². The molecular weight excluding hydrogens is 391 g/mol. The van der Waals surface area contributed by atoms with Crippen LogP contribution in [0.25, 0.3) is 5.69 Å². The molecule has 8 heteroatoms. The van der Waals surface area contributed by atoms with E-state index in [0.717, 1.165) is 29.8 Å². The SMILES string of the molecule is O=C(N[C@H]1CCCc2c1cnn2-c1cc(F)cc(F)c1)c1ccc(F)cc1Cl. The van der Waals surface area contributed by atoms with E-state index in [4.69, 9.17) is 11.6 Å². The maximum Gasteiger partial charge on any atom is 0.253 e. The number of amides is 1. The van der Waals surface area contributed by atoms with Crippen LogP contribution in [0.15, 0.2) is 42.6 Å². The molecule has 0 radical (unpaired) electrons. The van der Waals surface area contributed by atoms with Crippen LogP contribution in [0.2, 0.25) is 5.02 Å². The quantitative estimate of drug-likeness (QED) is 0.683. The summed E-state index contributed by atoms with van der Waals surface area (Å²) in [5.74, 6) is -2.32. The van der Waals surface area contributed by atoms with Crippen LogP contribution < -0.4 is 5.32 Å². The fraction of sp³-hybridized carbons (Fsp3) is 0.200. The number of aromatic nitrogens is 2. The van der Waals surface area contributed by atoms with Gasteiger partial charge < -0.3 is 5.32 Å². The van der Waals surface area contributed by atoms with Crippen LogP contribution in [-0.4, -0.2) is 15.7 Å². The average Bonchev–Trinajstić information content (AvgIpc) is 3.06. The molecule has 1 heterocycles. The Morgan fingerprint density at radius 2 is 1.86 bits per heavy atom. The topological polar surface area (TPSA) is 46.9 Å². The van der Waals surface area contributed by atoms with Crippen molar-refractivity contribution in [3.63, 3.8) is 0 Å². The number of rotatable bonds is 3. The Balaban J connectivity index is 1.63. The summed E-state index contributed by atoms with van der Waals surface area (Å²) in [5, 5.41) is 7.19. The molecule has 1 atom stereocenters. The van der Waals surface area contributed by atoms with E-state index in [1.807, 2.05) is 0 Å². The summed E-state index contributed by atoms with van der Waals surface area (Å²) in [6.07, 6.45) is 3.70. The van der Waals surface area contributed by atoms with E-state index in [0.29, 0.717) is 12.8 Å². The maximum absolute atomic E-state index is 13.6. The first-order valence-corrected chi connectivity index (χ1v) is 9.09. The zero-order valence-corrected chi connectivity index (χ0v) is 15.3. The number of benzene rings is 2. The zero-order chi connectivity index (χ0) is 19.8. The van der Waals surface area contributed by atoms with E-state index in [-0.39, 0.29) is 22.3 Å². The molecule has 0 saturated heterocycles. The molecule has 0 aliphatic heterocycles. The first-order valence-electron chi connectivity index (χ1n) is 8.71. The van der Waals surface area contributed by atoms with E-state index < -0.39 is 23.4 Å². The van der Waals surface area contributed by atoms with Gasteiger partial charge in [-0.2, -0.15) is 5.10 Å². The molecule has 1 amide bonds. The number of nitrogens with zero attached hydrogens (tertiary/aromatic N) is 2. The van der Waals surface area contributed by atoms with Crippen LogP contribution in [0.3, 0.4) is 0 Å². The molecule has 144 valence electrons. The van der Waals surface area contributed by atoms with Gasteiger partial charge in [-0.3, -0.25) is 4.79 Å². The van der Waals surface area contributed by atoms with Gasteiger partial charge in [-0.1, -0.05) is 11.6 Å². The average molecular weight is 406 g/mol. The first kappa shape index (κ1) is 18.6. The Hall–Kier alpha value is -2.80. The zero-order valence-electron chi connectivity index (χ0n) is 14.6. The number of hydrogen-bond donors (Lipinski definition) is 1. The van der Waals surface area contributed by atoms with Gasteiger partial charge in [0.1, 0.15) is 17.5 Å². The molecule has 2 aromatic carbocycles. The number of carbonyl (C=O) groups excluding carboxylic acids is 1. The summed E-state index contributed by atoms with van der Waals surface area (Å²) in [7, 11) is 0. The lowest BCUT2D eigenvalue weighted by molar-refractivity contribution is 0.0933. The number of fused-ring (bicyclic) bond motifs is 1. The molecule has 1 aromatic heterocycles. The predicted molar refractivity (Wildman–Crippen MR) is 98.0 cm³/mol. The van der Waals surface area contributed by atoms with Gasteiger partial charge in [-0.05, 0) is 49.6 Å². The van der Waals surface area contributed by atoms with Crippen molar-refractivity contribution in [1.82, 2.24) is 15.1 Å². The van der Waals surface area contributed by atoms with E-state index in [1.165, 1.54) is 28.9 Å². The molecule has 28 heavy (non-hydrogen) atoms. The molecule has 1 N–H and O–H groups in total. The first-order chi connectivity index (χ1) is 13.4. The fourth-order valence-electron chi connectivity index (χ4n) is 3.50. The molecule has 4 nitrogen and oxygen atoms in total. The Morgan fingerprint density at radius 3 is 2.57 bits per heavy atom. The normalized spacial score (nSPS) is 15.9. The van der Waals surface area contributed by atoms with Gasteiger partial charge in [0.25, 0.3) is 5.91 Å². The molecule has 0 saturated carbocycles. The lowest BCUT2D eigenvalue weighted by atomic mass is 9.92. The standard InChI is InChI=1S/C20H15ClF3N3O/c21-17-9-11(22)4-5-15(17)20(28)26-18-2-1-3-19-16(18)10-25-27(19)14-7-12(23)6-13(24)8-14/h4-10,18H,1-3H2,(H,26,28)/t18-/m0/s1. The maximum atomic E-state index is 13.6. The molecule has 4 rings (SSSR count). The van der Waals surface area contributed by atoms with Gasteiger partial charge in [0.15, 0.2) is 0 Å². The molecule has 0 unspecified atom stereocenters. The number of nitrogens with one attached hydrogen (secondary N) is 1. The number of hydrogen-bond acceptors (Lipinski definition) is 2. The molecule has 1 aliphatic carbocycles. The van der Waals surface area contributed by atoms with Gasteiger partial charge in [0.2, 0.25) is 0 Å². The monoisotopic (exact) mass is 405 g/mol. The van der Waals surface area contributed by atoms with E-state index in [2.05, 4.69) is 10.4 Å². The van der Waals surface area contributed by atoms with Crippen LogP contribution in [0.1, 0.15) is 40.5 Å². The smallest absolute Gasteiger partial charge is 0.253 e. The van der Waals surface area contributed by atoms with Crippen molar-refractivity contribution in [2.75, 3.05) is 0 Å². The van der Waals surface area contributed by atoms with E-state index >= 15 is 0 Å². The van der Waals surface area contributed by atoms with Crippen LogP contribution in [0, 0.1) is 17.5 Å².